The summed E-state index contributed by atoms with van der Waals surface area (Å²) in [7, 11) is 0. The second-order valence-corrected chi connectivity index (χ2v) is 7.67. The minimum Gasteiger partial charge on any atom is -0.486 e. The van der Waals surface area contributed by atoms with Gasteiger partial charge in [0.2, 0.25) is 11.7 Å². The van der Waals surface area contributed by atoms with Crippen LogP contribution < -0.4 is 14.8 Å². The first-order valence-electron chi connectivity index (χ1n) is 10.6. The number of aromatic nitrogens is 2. The molecule has 2 aliphatic heterocycles. The maximum absolute atomic E-state index is 13.2. The normalized spacial score (nSPS) is 18.3. The molecule has 0 saturated carbocycles. The molecule has 31 heavy (non-hydrogen) atoms. The van der Waals surface area contributed by atoms with E-state index in [9.17, 15) is 4.79 Å². The lowest BCUT2D eigenvalue weighted by Gasteiger charge is -2.28. The van der Waals surface area contributed by atoms with Gasteiger partial charge in [0, 0.05) is 23.9 Å². The number of nitrogens with zero attached hydrogens (tertiary/aromatic N) is 3. The number of benzene rings is 2. The van der Waals surface area contributed by atoms with Crippen LogP contribution in [-0.4, -0.2) is 40.8 Å². The smallest absolute Gasteiger partial charge is 0.322 e. The van der Waals surface area contributed by atoms with Gasteiger partial charge in [0.15, 0.2) is 11.5 Å². The van der Waals surface area contributed by atoms with Crippen LogP contribution >= 0.6 is 0 Å². The van der Waals surface area contributed by atoms with Crippen molar-refractivity contribution in [3.05, 3.63) is 54.4 Å². The molecule has 5 rings (SSSR count). The third kappa shape index (κ3) is 4.19. The Morgan fingerprint density at radius 3 is 2.71 bits per heavy atom. The number of fused-ring (bicyclic) bond motifs is 1. The Hall–Kier alpha value is -3.55. The van der Waals surface area contributed by atoms with Crippen molar-refractivity contribution >= 4 is 11.7 Å². The van der Waals surface area contributed by atoms with Gasteiger partial charge in [-0.3, -0.25) is 0 Å². The van der Waals surface area contributed by atoms with Crippen LogP contribution in [0.3, 0.4) is 0 Å². The van der Waals surface area contributed by atoms with Gasteiger partial charge in [0.05, 0.1) is 0 Å². The average Bonchev–Trinajstić information content (AvgIpc) is 3.17. The number of carbonyl (C=O) groups is 1. The Balaban J connectivity index is 1.36. The van der Waals surface area contributed by atoms with Crippen LogP contribution in [-0.2, 0) is 0 Å². The van der Waals surface area contributed by atoms with Crippen molar-refractivity contribution in [2.75, 3.05) is 25.1 Å². The van der Waals surface area contributed by atoms with Crippen LogP contribution in [0.1, 0.15) is 37.6 Å². The lowest BCUT2D eigenvalue weighted by Crippen LogP contribution is -2.38. The molecule has 8 nitrogen and oxygen atoms in total. The number of carbonyl (C=O) groups excluding carboxylic acids is 1. The number of ether oxygens (including phenoxy) is 2. The maximum atomic E-state index is 13.2. The molecule has 0 radical (unpaired) electrons. The third-order valence-electron chi connectivity index (χ3n) is 5.57. The maximum Gasteiger partial charge on any atom is 0.322 e. The van der Waals surface area contributed by atoms with E-state index in [4.69, 9.17) is 14.0 Å². The van der Waals surface area contributed by atoms with Crippen molar-refractivity contribution in [2.24, 2.45) is 0 Å². The minimum absolute atomic E-state index is 0.192. The van der Waals surface area contributed by atoms with Crippen molar-refractivity contribution in [2.45, 2.75) is 31.7 Å². The number of nitrogens with one attached hydrogen (secondary N) is 1. The fourth-order valence-corrected chi connectivity index (χ4v) is 4.00. The van der Waals surface area contributed by atoms with Crippen LogP contribution in [0, 0.1) is 0 Å². The molecule has 2 amide bonds. The van der Waals surface area contributed by atoms with Gasteiger partial charge in [-0.05, 0) is 25.0 Å². The summed E-state index contributed by atoms with van der Waals surface area (Å²) in [6, 6.07) is 14.7. The lowest BCUT2D eigenvalue weighted by molar-refractivity contribution is 0.170. The van der Waals surface area contributed by atoms with E-state index >= 15 is 0 Å². The van der Waals surface area contributed by atoms with E-state index in [2.05, 4.69) is 15.5 Å². The van der Waals surface area contributed by atoms with E-state index in [-0.39, 0.29) is 12.1 Å². The zero-order valence-corrected chi connectivity index (χ0v) is 17.1. The first kappa shape index (κ1) is 19.4. The summed E-state index contributed by atoms with van der Waals surface area (Å²) in [5.74, 6) is 2.34. The number of urea groups is 1. The molecule has 2 aliphatic rings. The van der Waals surface area contributed by atoms with Crippen LogP contribution in [0.15, 0.2) is 53.1 Å². The fourth-order valence-electron chi connectivity index (χ4n) is 4.00. The number of hydrogen-bond acceptors (Lipinski definition) is 6. The quantitative estimate of drug-likeness (QED) is 0.663. The molecule has 160 valence electrons. The van der Waals surface area contributed by atoms with Gasteiger partial charge < -0.3 is 24.2 Å². The lowest BCUT2D eigenvalue weighted by atomic mass is 10.1. The van der Waals surface area contributed by atoms with Gasteiger partial charge in [-0.2, -0.15) is 4.98 Å². The van der Waals surface area contributed by atoms with Crippen LogP contribution in [0.4, 0.5) is 10.5 Å². The zero-order valence-electron chi connectivity index (χ0n) is 17.1. The number of hydrogen-bond donors (Lipinski definition) is 1. The molecular formula is C23H24N4O4. The predicted octanol–water partition coefficient (Wildman–Crippen LogP) is 4.66. The van der Waals surface area contributed by atoms with Crippen LogP contribution in [0.2, 0.25) is 0 Å². The van der Waals surface area contributed by atoms with Crippen LogP contribution in [0.5, 0.6) is 11.5 Å². The van der Waals surface area contributed by atoms with Crippen molar-refractivity contribution in [3.8, 4) is 22.9 Å². The van der Waals surface area contributed by atoms with Crippen molar-refractivity contribution < 1.29 is 18.8 Å². The first-order valence-corrected chi connectivity index (χ1v) is 10.6. The van der Waals surface area contributed by atoms with Crippen LogP contribution in [0.25, 0.3) is 11.4 Å². The minimum atomic E-state index is -0.260. The van der Waals surface area contributed by atoms with E-state index in [0.717, 1.165) is 31.2 Å². The fraction of sp³-hybridized carbons (Fsp3) is 0.348. The molecule has 1 N–H and O–H groups in total. The SMILES string of the molecule is O=C(Nc1ccc2c(c1)OCCO2)N1CCCCCC1c1nc(-c2ccccc2)no1. The van der Waals surface area contributed by atoms with Gasteiger partial charge in [0.1, 0.15) is 19.3 Å². The van der Waals surface area contributed by atoms with Crippen molar-refractivity contribution in [1.82, 2.24) is 15.0 Å². The van der Waals surface area contributed by atoms with E-state index in [1.807, 2.05) is 42.5 Å². The summed E-state index contributed by atoms with van der Waals surface area (Å²) in [6.07, 6.45) is 3.78. The summed E-state index contributed by atoms with van der Waals surface area (Å²) < 4.78 is 16.8. The Bertz CT molecular complexity index is 1050. The molecule has 1 aromatic heterocycles. The van der Waals surface area contributed by atoms with Crippen molar-refractivity contribution in [3.63, 3.8) is 0 Å². The third-order valence-corrected chi connectivity index (χ3v) is 5.57. The molecule has 1 fully saturated rings. The number of likely N-dealkylation sites (tertiary alicyclic amines) is 1. The highest BCUT2D eigenvalue weighted by Gasteiger charge is 2.31. The van der Waals surface area contributed by atoms with Gasteiger partial charge in [-0.15, -0.1) is 0 Å². The standard InChI is InChI=1S/C23H24N4O4/c28-23(24-17-10-11-19-20(15-17)30-14-13-29-19)27-12-6-2-5-9-18(27)22-25-21(26-31-22)16-7-3-1-4-8-16/h1,3-4,7-8,10-11,15,18H,2,5-6,9,12-14H2,(H,24,28). The van der Waals surface area contributed by atoms with Gasteiger partial charge in [-0.1, -0.05) is 48.3 Å². The molecule has 1 saturated heterocycles. The predicted molar refractivity (Wildman–Crippen MR) is 114 cm³/mol. The number of rotatable bonds is 3. The molecule has 0 bridgehead atoms. The highest BCUT2D eigenvalue weighted by Crippen LogP contribution is 2.34. The Morgan fingerprint density at radius 2 is 1.84 bits per heavy atom. The van der Waals surface area contributed by atoms with Gasteiger partial charge in [-0.25, -0.2) is 4.79 Å². The average molecular weight is 420 g/mol. The van der Waals surface area contributed by atoms with E-state index in [1.54, 1.807) is 11.0 Å². The van der Waals surface area contributed by atoms with E-state index in [0.29, 0.717) is 48.7 Å². The monoisotopic (exact) mass is 420 g/mol. The molecule has 3 aromatic rings. The van der Waals surface area contributed by atoms with E-state index in [1.165, 1.54) is 0 Å². The second kappa shape index (κ2) is 8.67. The summed E-state index contributed by atoms with van der Waals surface area (Å²) in [5.41, 5.74) is 1.55. The topological polar surface area (TPSA) is 89.7 Å². The first-order chi connectivity index (χ1) is 15.3. The van der Waals surface area contributed by atoms with Gasteiger partial charge >= 0.3 is 6.03 Å². The molecule has 3 heterocycles. The Kier molecular flexibility index (Phi) is 5.43. The second-order valence-electron chi connectivity index (χ2n) is 7.67. The van der Waals surface area contributed by atoms with Gasteiger partial charge in [0.25, 0.3) is 0 Å². The summed E-state index contributed by atoms with van der Waals surface area (Å²) >= 11 is 0. The molecule has 2 aromatic carbocycles. The molecule has 1 atom stereocenters. The molecule has 0 spiro atoms. The largest absolute Gasteiger partial charge is 0.486 e. The highest BCUT2D eigenvalue weighted by atomic mass is 16.6. The summed E-state index contributed by atoms with van der Waals surface area (Å²) in [6.45, 7) is 1.66. The molecule has 0 aliphatic carbocycles. The van der Waals surface area contributed by atoms with Crippen molar-refractivity contribution in [1.29, 1.82) is 0 Å². The molecule has 1 unspecified atom stereocenters. The van der Waals surface area contributed by atoms with E-state index < -0.39 is 0 Å². The zero-order chi connectivity index (χ0) is 21.0. The summed E-state index contributed by atoms with van der Waals surface area (Å²) in [4.78, 5) is 19.6. The Labute approximate surface area is 180 Å². The molecule has 8 heteroatoms. The summed E-state index contributed by atoms with van der Waals surface area (Å²) in [5, 5.41) is 7.13. The number of amides is 2. The Morgan fingerprint density at radius 1 is 1.00 bits per heavy atom. The number of anilines is 1. The molecular weight excluding hydrogens is 396 g/mol. The highest BCUT2D eigenvalue weighted by molar-refractivity contribution is 5.90.